The Labute approximate surface area is 160 Å². The second kappa shape index (κ2) is 9.03. The van der Waals surface area contributed by atoms with E-state index < -0.39 is 31.0 Å². The molecular formula is C19H20O5SSe. The van der Waals surface area contributed by atoms with Gasteiger partial charge >= 0.3 is 160 Å². The molecule has 138 valence electrons. The molecule has 0 unspecified atom stereocenters. The molecule has 2 rings (SSSR count). The van der Waals surface area contributed by atoms with E-state index in [9.17, 15) is 13.2 Å². The first-order valence-electron chi connectivity index (χ1n) is 7.95. The molecule has 26 heavy (non-hydrogen) atoms. The fourth-order valence-electron chi connectivity index (χ4n) is 2.02. The van der Waals surface area contributed by atoms with Crippen molar-refractivity contribution in [2.45, 2.75) is 25.7 Å². The molecule has 0 bridgehead atoms. The molecule has 0 N–H and O–H groups in total. The van der Waals surface area contributed by atoms with Crippen molar-refractivity contribution in [3.63, 3.8) is 0 Å². The number of ether oxygens (including phenoxy) is 1. The second-order valence-electron chi connectivity index (χ2n) is 5.37. The van der Waals surface area contributed by atoms with E-state index in [0.29, 0.717) is 0 Å². The molecule has 5 nitrogen and oxygen atoms in total. The van der Waals surface area contributed by atoms with Crippen molar-refractivity contribution in [2.24, 2.45) is 0 Å². The molecule has 7 heteroatoms. The molecule has 2 aromatic rings. The van der Waals surface area contributed by atoms with Crippen LogP contribution < -0.4 is 4.46 Å². The van der Waals surface area contributed by atoms with E-state index in [1.54, 1.807) is 19.1 Å². The summed E-state index contributed by atoms with van der Waals surface area (Å²) < 4.78 is 36.4. The van der Waals surface area contributed by atoms with Crippen LogP contribution in [0.5, 0.6) is 0 Å². The SMILES string of the molecule is CCOC(=O)/C([Se]c1ccccc1)=C(/C)OS(=O)(=O)c1ccc(C)cc1. The average molecular weight is 439 g/mol. The standard InChI is InChI=1S/C19H20O5SSe/c1-4-23-19(20)18(26-17-8-6-5-7-9-17)15(3)24-25(21,22)16-12-10-14(2)11-13-16/h5-13H,4H2,1-3H3/b18-15+. The number of rotatable bonds is 7. The number of benzene rings is 2. The van der Waals surface area contributed by atoms with Gasteiger partial charge < -0.3 is 0 Å². The van der Waals surface area contributed by atoms with Crippen LogP contribution in [0.25, 0.3) is 0 Å². The molecule has 2 aromatic carbocycles. The fraction of sp³-hybridized carbons (Fsp3) is 0.211. The number of esters is 1. The summed E-state index contributed by atoms with van der Waals surface area (Å²) in [7, 11) is -4.02. The molecule has 0 aromatic heterocycles. The van der Waals surface area contributed by atoms with Crippen LogP contribution in [0.15, 0.2) is 69.7 Å². The molecule has 0 atom stereocenters. The monoisotopic (exact) mass is 440 g/mol. The van der Waals surface area contributed by atoms with Crippen LogP contribution in [-0.2, 0) is 23.8 Å². The third kappa shape index (κ3) is 5.46. The van der Waals surface area contributed by atoms with Crippen molar-refractivity contribution >= 4 is 35.5 Å². The Balaban J connectivity index is 2.35. The van der Waals surface area contributed by atoms with E-state index in [1.807, 2.05) is 37.3 Å². The number of hydrogen-bond donors (Lipinski definition) is 0. The van der Waals surface area contributed by atoms with Gasteiger partial charge in [0.15, 0.2) is 0 Å². The zero-order valence-electron chi connectivity index (χ0n) is 14.8. The number of aryl methyl sites for hydroxylation is 1. The van der Waals surface area contributed by atoms with E-state index in [4.69, 9.17) is 8.92 Å². The van der Waals surface area contributed by atoms with E-state index in [0.717, 1.165) is 10.0 Å². The Hall–Kier alpha value is -2.08. The van der Waals surface area contributed by atoms with Crippen molar-refractivity contribution in [1.29, 1.82) is 0 Å². The van der Waals surface area contributed by atoms with Gasteiger partial charge in [0.05, 0.1) is 0 Å². The second-order valence-corrected chi connectivity index (χ2v) is 9.19. The molecule has 0 heterocycles. The third-order valence-corrected chi connectivity index (χ3v) is 7.05. The van der Waals surface area contributed by atoms with Crippen LogP contribution in [0.3, 0.4) is 0 Å². The van der Waals surface area contributed by atoms with E-state index in [-0.39, 0.29) is 21.7 Å². The molecule has 0 radical (unpaired) electrons. The number of hydrogen-bond acceptors (Lipinski definition) is 5. The maximum atomic E-state index is 12.5. The van der Waals surface area contributed by atoms with Crippen LogP contribution in [0.4, 0.5) is 0 Å². The minimum absolute atomic E-state index is 0.0351. The maximum absolute atomic E-state index is 12.5. The van der Waals surface area contributed by atoms with E-state index in [1.165, 1.54) is 19.1 Å². The Morgan fingerprint density at radius 2 is 1.65 bits per heavy atom. The summed E-state index contributed by atoms with van der Waals surface area (Å²) in [5.74, 6) is -0.527. The van der Waals surface area contributed by atoms with Gasteiger partial charge in [0.25, 0.3) is 0 Å². The van der Waals surface area contributed by atoms with E-state index >= 15 is 0 Å². The predicted molar refractivity (Wildman–Crippen MR) is 101 cm³/mol. The first kappa shape index (κ1) is 20.2. The molecular weight excluding hydrogens is 419 g/mol. The summed E-state index contributed by atoms with van der Waals surface area (Å²) in [5.41, 5.74) is 0.941. The zero-order chi connectivity index (χ0) is 19.2. The van der Waals surface area contributed by atoms with Gasteiger partial charge in [-0.2, -0.15) is 0 Å². The summed E-state index contributed by atoms with van der Waals surface area (Å²) in [6.07, 6.45) is 0. The van der Waals surface area contributed by atoms with Crippen LogP contribution in [0.2, 0.25) is 0 Å². The van der Waals surface area contributed by atoms with E-state index in [2.05, 4.69) is 0 Å². The summed E-state index contributed by atoms with van der Waals surface area (Å²) in [6.45, 7) is 5.24. The Bertz CT molecular complexity index is 887. The average Bonchev–Trinajstić information content (AvgIpc) is 2.60. The van der Waals surface area contributed by atoms with Crippen molar-refractivity contribution < 1.29 is 22.1 Å². The summed E-state index contributed by atoms with van der Waals surface area (Å²) in [4.78, 5) is 12.4. The third-order valence-electron chi connectivity index (χ3n) is 3.29. The van der Waals surface area contributed by atoms with Gasteiger partial charge in [0, 0.05) is 0 Å². The van der Waals surface area contributed by atoms with Crippen molar-refractivity contribution in [3.8, 4) is 0 Å². The van der Waals surface area contributed by atoms with Gasteiger partial charge in [0.1, 0.15) is 0 Å². The molecule has 0 aliphatic carbocycles. The normalized spacial score (nSPS) is 12.3. The Kier molecular flexibility index (Phi) is 7.03. The van der Waals surface area contributed by atoms with Crippen LogP contribution in [0, 0.1) is 6.92 Å². The first-order chi connectivity index (χ1) is 12.3. The number of carbonyl (C=O) groups is 1. The molecule has 0 aliphatic rings. The summed E-state index contributed by atoms with van der Waals surface area (Å²) in [5, 5.41) is 0. The van der Waals surface area contributed by atoms with Crippen LogP contribution in [0.1, 0.15) is 19.4 Å². The van der Waals surface area contributed by atoms with Gasteiger partial charge in [-0.1, -0.05) is 0 Å². The Morgan fingerprint density at radius 1 is 1.04 bits per heavy atom. The van der Waals surface area contributed by atoms with Gasteiger partial charge in [-0.25, -0.2) is 0 Å². The minimum atomic E-state index is -4.02. The summed E-state index contributed by atoms with van der Waals surface area (Å²) >= 11 is -0.444. The molecule has 0 spiro atoms. The fourth-order valence-corrected chi connectivity index (χ4v) is 4.91. The Morgan fingerprint density at radius 3 is 2.23 bits per heavy atom. The topological polar surface area (TPSA) is 69.7 Å². The van der Waals surface area contributed by atoms with Gasteiger partial charge in [-0.15, -0.1) is 0 Å². The molecule has 0 amide bonds. The molecule has 0 saturated carbocycles. The molecule has 0 fully saturated rings. The first-order valence-corrected chi connectivity index (χ1v) is 11.1. The quantitative estimate of drug-likeness (QED) is 0.218. The zero-order valence-corrected chi connectivity index (χ0v) is 17.3. The van der Waals surface area contributed by atoms with Gasteiger partial charge in [-0.3, -0.25) is 0 Å². The van der Waals surface area contributed by atoms with Gasteiger partial charge in [-0.05, 0) is 0 Å². The van der Waals surface area contributed by atoms with Crippen LogP contribution >= 0.6 is 0 Å². The summed E-state index contributed by atoms with van der Waals surface area (Å²) in [6, 6.07) is 15.7. The van der Waals surface area contributed by atoms with Crippen LogP contribution in [-0.4, -0.2) is 36.0 Å². The number of carbonyl (C=O) groups excluding carboxylic acids is 1. The van der Waals surface area contributed by atoms with Crippen molar-refractivity contribution in [3.05, 3.63) is 70.4 Å². The number of allylic oxidation sites excluding steroid dienone is 1. The molecule has 0 saturated heterocycles. The predicted octanol–water partition coefficient (Wildman–Crippen LogP) is 2.52. The van der Waals surface area contributed by atoms with Crippen molar-refractivity contribution in [2.75, 3.05) is 6.61 Å². The van der Waals surface area contributed by atoms with Gasteiger partial charge in [0.2, 0.25) is 0 Å². The van der Waals surface area contributed by atoms with Crippen molar-refractivity contribution in [1.82, 2.24) is 0 Å². The molecule has 0 aliphatic heterocycles.